The van der Waals surface area contributed by atoms with Gasteiger partial charge >= 0.3 is 0 Å². The standard InChI is InChI=1S/C15H10N2OS/c1-2-10-16-15(18)13-11-19-14(17-13)9-8-12-6-4-3-5-7-12/h1,3-7,11H,10H2,(H,16,18). The molecular formula is C15H10N2OS. The van der Waals surface area contributed by atoms with E-state index in [4.69, 9.17) is 6.42 Å². The molecule has 3 nitrogen and oxygen atoms in total. The van der Waals surface area contributed by atoms with Crippen molar-refractivity contribution in [2.75, 3.05) is 6.54 Å². The van der Waals surface area contributed by atoms with Crippen molar-refractivity contribution in [3.05, 3.63) is 52.0 Å². The zero-order valence-electron chi connectivity index (χ0n) is 10.0. The molecule has 0 aliphatic heterocycles. The van der Waals surface area contributed by atoms with E-state index in [9.17, 15) is 4.79 Å². The molecular weight excluding hydrogens is 256 g/mol. The molecule has 19 heavy (non-hydrogen) atoms. The smallest absolute Gasteiger partial charge is 0.271 e. The Balaban J connectivity index is 2.08. The number of thiazole rings is 1. The fourth-order valence-corrected chi connectivity index (χ4v) is 1.95. The average Bonchev–Trinajstić information content (AvgIpc) is 2.92. The Labute approximate surface area is 115 Å². The Morgan fingerprint density at radius 1 is 1.32 bits per heavy atom. The highest BCUT2D eigenvalue weighted by Gasteiger charge is 2.08. The highest BCUT2D eigenvalue weighted by Crippen LogP contribution is 2.08. The maximum atomic E-state index is 11.6. The van der Waals surface area contributed by atoms with Gasteiger partial charge in [0.25, 0.3) is 5.91 Å². The minimum absolute atomic E-state index is 0.196. The minimum atomic E-state index is -0.276. The molecule has 0 aliphatic rings. The molecule has 0 spiro atoms. The first-order valence-corrected chi connectivity index (χ1v) is 6.42. The van der Waals surface area contributed by atoms with Crippen molar-refractivity contribution in [1.29, 1.82) is 0 Å². The number of nitrogens with zero attached hydrogens (tertiary/aromatic N) is 1. The summed E-state index contributed by atoms with van der Waals surface area (Å²) < 4.78 is 0. The Bertz CT molecular complexity index is 671. The fraction of sp³-hybridized carbons (Fsp3) is 0.0667. The van der Waals surface area contributed by atoms with E-state index in [2.05, 4.69) is 28.1 Å². The van der Waals surface area contributed by atoms with Crippen molar-refractivity contribution in [2.24, 2.45) is 0 Å². The Kier molecular flexibility index (Phi) is 4.34. The number of benzene rings is 1. The summed E-state index contributed by atoms with van der Waals surface area (Å²) in [6.07, 6.45) is 5.07. The van der Waals surface area contributed by atoms with Gasteiger partial charge in [-0.2, -0.15) is 0 Å². The highest BCUT2D eigenvalue weighted by atomic mass is 32.1. The van der Waals surface area contributed by atoms with E-state index >= 15 is 0 Å². The van der Waals surface area contributed by atoms with E-state index in [1.54, 1.807) is 5.38 Å². The molecule has 1 amide bonds. The maximum absolute atomic E-state index is 11.6. The third-order valence-corrected chi connectivity index (χ3v) is 2.93. The van der Waals surface area contributed by atoms with Crippen LogP contribution in [0.15, 0.2) is 35.7 Å². The first-order valence-electron chi connectivity index (χ1n) is 5.54. The second-order valence-corrected chi connectivity index (χ2v) is 4.40. The van der Waals surface area contributed by atoms with Crippen LogP contribution in [0.2, 0.25) is 0 Å². The quantitative estimate of drug-likeness (QED) is 0.844. The summed E-state index contributed by atoms with van der Waals surface area (Å²) in [5, 5.41) is 4.83. The molecule has 0 fully saturated rings. The van der Waals surface area contributed by atoms with E-state index in [-0.39, 0.29) is 12.5 Å². The summed E-state index contributed by atoms with van der Waals surface area (Å²) in [5.74, 6) is 7.98. The molecule has 0 atom stereocenters. The van der Waals surface area contributed by atoms with Crippen LogP contribution in [0.1, 0.15) is 21.1 Å². The van der Waals surface area contributed by atoms with E-state index in [0.717, 1.165) is 5.56 Å². The maximum Gasteiger partial charge on any atom is 0.271 e. The van der Waals surface area contributed by atoms with Gasteiger partial charge in [0.15, 0.2) is 5.01 Å². The summed E-state index contributed by atoms with van der Waals surface area (Å²) >= 11 is 1.33. The number of hydrogen-bond donors (Lipinski definition) is 1. The van der Waals surface area contributed by atoms with Crippen LogP contribution >= 0.6 is 11.3 Å². The number of rotatable bonds is 2. The van der Waals surface area contributed by atoms with Crippen molar-refractivity contribution in [3.63, 3.8) is 0 Å². The Hall–Kier alpha value is -2.56. The van der Waals surface area contributed by atoms with E-state index < -0.39 is 0 Å². The van der Waals surface area contributed by atoms with Crippen LogP contribution in [0.3, 0.4) is 0 Å². The minimum Gasteiger partial charge on any atom is -0.340 e. The SMILES string of the molecule is C#CCNC(=O)c1csc(C#Cc2ccccc2)n1. The van der Waals surface area contributed by atoms with Gasteiger partial charge in [0.1, 0.15) is 5.69 Å². The number of terminal acetylenes is 1. The molecule has 0 radical (unpaired) electrons. The monoisotopic (exact) mass is 266 g/mol. The third kappa shape index (κ3) is 3.70. The van der Waals surface area contributed by atoms with Crippen LogP contribution in [-0.4, -0.2) is 17.4 Å². The Morgan fingerprint density at radius 2 is 2.11 bits per heavy atom. The summed E-state index contributed by atoms with van der Waals surface area (Å²) in [6.45, 7) is 0.196. The number of carbonyl (C=O) groups excluding carboxylic acids is 1. The van der Waals surface area contributed by atoms with Crippen molar-refractivity contribution in [3.8, 4) is 24.2 Å². The van der Waals surface area contributed by atoms with Crippen LogP contribution in [0, 0.1) is 24.2 Å². The van der Waals surface area contributed by atoms with Gasteiger partial charge in [0.05, 0.1) is 6.54 Å². The normalized spacial score (nSPS) is 9.00. The lowest BCUT2D eigenvalue weighted by molar-refractivity contribution is 0.0954. The first-order chi connectivity index (χ1) is 9.29. The van der Waals surface area contributed by atoms with Crippen molar-refractivity contribution < 1.29 is 4.79 Å². The first kappa shape index (κ1) is 12.9. The molecule has 0 bridgehead atoms. The topological polar surface area (TPSA) is 42.0 Å². The second kappa shape index (κ2) is 6.39. The van der Waals surface area contributed by atoms with Gasteiger partial charge in [0.2, 0.25) is 0 Å². The summed E-state index contributed by atoms with van der Waals surface area (Å²) in [6, 6.07) is 9.61. The molecule has 2 rings (SSSR count). The van der Waals surface area contributed by atoms with Gasteiger partial charge in [0, 0.05) is 10.9 Å². The van der Waals surface area contributed by atoms with E-state index in [1.165, 1.54) is 11.3 Å². The molecule has 0 saturated carbocycles. The molecule has 0 unspecified atom stereocenters. The fourth-order valence-electron chi connectivity index (χ4n) is 1.30. The van der Waals surface area contributed by atoms with Crippen molar-refractivity contribution in [2.45, 2.75) is 0 Å². The summed E-state index contributed by atoms with van der Waals surface area (Å²) in [4.78, 5) is 15.7. The van der Waals surface area contributed by atoms with Gasteiger partial charge in [-0.15, -0.1) is 17.8 Å². The predicted octanol–water partition coefficient (Wildman–Crippen LogP) is 1.91. The highest BCUT2D eigenvalue weighted by molar-refractivity contribution is 7.10. The molecule has 1 N–H and O–H groups in total. The molecule has 92 valence electrons. The average molecular weight is 266 g/mol. The number of carbonyl (C=O) groups is 1. The predicted molar refractivity (Wildman–Crippen MR) is 75.7 cm³/mol. The summed E-state index contributed by atoms with van der Waals surface area (Å²) in [5.41, 5.74) is 1.26. The lowest BCUT2D eigenvalue weighted by Gasteiger charge is -1.95. The van der Waals surface area contributed by atoms with E-state index in [0.29, 0.717) is 10.7 Å². The van der Waals surface area contributed by atoms with Crippen LogP contribution in [0.25, 0.3) is 0 Å². The second-order valence-electron chi connectivity index (χ2n) is 3.54. The zero-order chi connectivity index (χ0) is 13.5. The third-order valence-electron chi connectivity index (χ3n) is 2.18. The number of nitrogens with one attached hydrogen (secondary N) is 1. The van der Waals surface area contributed by atoms with Gasteiger partial charge in [-0.25, -0.2) is 4.98 Å². The largest absolute Gasteiger partial charge is 0.340 e. The van der Waals surface area contributed by atoms with Crippen LogP contribution in [0.4, 0.5) is 0 Å². The molecule has 1 heterocycles. The lowest BCUT2D eigenvalue weighted by Crippen LogP contribution is -2.23. The lowest BCUT2D eigenvalue weighted by atomic mass is 10.2. The molecule has 1 aromatic carbocycles. The van der Waals surface area contributed by atoms with E-state index in [1.807, 2.05) is 30.3 Å². The van der Waals surface area contributed by atoms with Crippen LogP contribution in [0.5, 0.6) is 0 Å². The molecule has 4 heteroatoms. The van der Waals surface area contributed by atoms with Gasteiger partial charge in [-0.3, -0.25) is 4.79 Å². The van der Waals surface area contributed by atoms with Crippen LogP contribution < -0.4 is 5.32 Å². The van der Waals surface area contributed by atoms with Crippen molar-refractivity contribution >= 4 is 17.2 Å². The molecule has 0 aliphatic carbocycles. The zero-order valence-corrected chi connectivity index (χ0v) is 10.8. The van der Waals surface area contributed by atoms with Crippen molar-refractivity contribution in [1.82, 2.24) is 10.3 Å². The van der Waals surface area contributed by atoms with Crippen LogP contribution in [-0.2, 0) is 0 Å². The number of aromatic nitrogens is 1. The molecule has 1 aromatic heterocycles. The van der Waals surface area contributed by atoms with Gasteiger partial charge in [-0.05, 0) is 18.1 Å². The number of amides is 1. The Morgan fingerprint density at radius 3 is 2.84 bits per heavy atom. The van der Waals surface area contributed by atoms with Gasteiger partial charge < -0.3 is 5.32 Å². The number of hydrogen-bond acceptors (Lipinski definition) is 3. The van der Waals surface area contributed by atoms with Gasteiger partial charge in [-0.1, -0.05) is 30.0 Å². The summed E-state index contributed by atoms with van der Waals surface area (Å²) in [7, 11) is 0. The molecule has 2 aromatic rings. The molecule has 0 saturated heterocycles.